The van der Waals surface area contributed by atoms with Gasteiger partial charge in [0.05, 0.1) is 6.61 Å². The first-order valence-electron chi connectivity index (χ1n) is 12.7. The molecule has 1 fully saturated rings. The molecular formula is C31H28O8. The second-order valence-corrected chi connectivity index (χ2v) is 9.68. The molecule has 8 nitrogen and oxygen atoms in total. The van der Waals surface area contributed by atoms with Gasteiger partial charge in [0.1, 0.15) is 6.10 Å². The molecule has 4 aromatic carbocycles. The Labute approximate surface area is 224 Å². The smallest absolute Gasteiger partial charge is 0.303 e. The molecule has 1 aliphatic rings. The number of benzene rings is 4. The summed E-state index contributed by atoms with van der Waals surface area (Å²) >= 11 is 0. The highest BCUT2D eigenvalue weighted by molar-refractivity contribution is 6.24. The van der Waals surface area contributed by atoms with Crippen molar-refractivity contribution in [3.8, 4) is 0 Å². The summed E-state index contributed by atoms with van der Waals surface area (Å²) < 4.78 is 21.8. The number of hydrogen-bond donors (Lipinski definition) is 0. The van der Waals surface area contributed by atoms with Crippen LogP contribution < -0.4 is 0 Å². The molecule has 0 saturated carbocycles. The SMILES string of the molecule is CC(=O)O[C@@H]1[C@@H](OC(C)=O)[C@H](OC(C)=O)CO[C@H]1CC(=O)/C=C/c1ccc2ccc3cccc4ccc1c2c34. The molecule has 0 aliphatic carbocycles. The lowest BCUT2D eigenvalue weighted by atomic mass is 9.91. The highest BCUT2D eigenvalue weighted by Crippen LogP contribution is 2.36. The summed E-state index contributed by atoms with van der Waals surface area (Å²) in [6, 6.07) is 18.6. The molecular weight excluding hydrogens is 500 g/mol. The fourth-order valence-corrected chi connectivity index (χ4v) is 5.34. The van der Waals surface area contributed by atoms with Gasteiger partial charge in [-0.2, -0.15) is 0 Å². The number of carbonyl (C=O) groups excluding carboxylic acids is 4. The summed E-state index contributed by atoms with van der Waals surface area (Å²) in [5.41, 5.74) is 0.892. The van der Waals surface area contributed by atoms with Crippen LogP contribution in [0.4, 0.5) is 0 Å². The molecule has 39 heavy (non-hydrogen) atoms. The summed E-state index contributed by atoms with van der Waals surface area (Å²) in [6.45, 7) is 3.49. The Bertz CT molecular complexity index is 1590. The fourth-order valence-electron chi connectivity index (χ4n) is 5.34. The van der Waals surface area contributed by atoms with Crippen molar-refractivity contribution in [3.63, 3.8) is 0 Å². The Kier molecular flexibility index (Phi) is 7.30. The summed E-state index contributed by atoms with van der Waals surface area (Å²) in [6.07, 6.45) is -1.01. The van der Waals surface area contributed by atoms with Gasteiger partial charge in [0.25, 0.3) is 0 Å². The van der Waals surface area contributed by atoms with Gasteiger partial charge >= 0.3 is 17.9 Å². The third-order valence-electron chi connectivity index (χ3n) is 6.87. The lowest BCUT2D eigenvalue weighted by molar-refractivity contribution is -0.225. The van der Waals surface area contributed by atoms with Crippen LogP contribution in [-0.2, 0) is 38.1 Å². The molecule has 5 rings (SSSR count). The first kappa shape index (κ1) is 26.3. The highest BCUT2D eigenvalue weighted by atomic mass is 16.6. The van der Waals surface area contributed by atoms with E-state index in [0.29, 0.717) is 0 Å². The zero-order valence-corrected chi connectivity index (χ0v) is 21.8. The molecule has 0 N–H and O–H groups in total. The van der Waals surface area contributed by atoms with Crippen LogP contribution >= 0.6 is 0 Å². The Morgan fingerprint density at radius 3 is 2.03 bits per heavy atom. The molecule has 0 bridgehead atoms. The van der Waals surface area contributed by atoms with Gasteiger partial charge in [0.2, 0.25) is 0 Å². The van der Waals surface area contributed by atoms with Crippen LogP contribution in [0.15, 0.2) is 60.7 Å². The minimum absolute atomic E-state index is 0.119. The Morgan fingerprint density at radius 1 is 0.769 bits per heavy atom. The van der Waals surface area contributed by atoms with Crippen molar-refractivity contribution < 1.29 is 38.1 Å². The highest BCUT2D eigenvalue weighted by Gasteiger charge is 2.47. The van der Waals surface area contributed by atoms with Gasteiger partial charge in [0.15, 0.2) is 24.1 Å². The Morgan fingerprint density at radius 2 is 1.36 bits per heavy atom. The number of ether oxygens (including phenoxy) is 4. The van der Waals surface area contributed by atoms with E-state index < -0.39 is 42.3 Å². The maximum absolute atomic E-state index is 13.1. The maximum Gasteiger partial charge on any atom is 0.303 e. The Balaban J connectivity index is 1.40. The van der Waals surface area contributed by atoms with Gasteiger partial charge in [0, 0.05) is 27.2 Å². The molecule has 8 heteroatoms. The van der Waals surface area contributed by atoms with Crippen LogP contribution in [0.1, 0.15) is 32.8 Å². The Hall–Kier alpha value is -4.30. The van der Waals surface area contributed by atoms with Gasteiger partial charge in [-0.3, -0.25) is 19.2 Å². The second kappa shape index (κ2) is 10.8. The molecule has 1 saturated heterocycles. The van der Waals surface area contributed by atoms with E-state index in [1.54, 1.807) is 6.08 Å². The van der Waals surface area contributed by atoms with Gasteiger partial charge in [-0.1, -0.05) is 60.7 Å². The largest absolute Gasteiger partial charge is 0.456 e. The zero-order chi connectivity index (χ0) is 27.7. The number of rotatable bonds is 7. The van der Waals surface area contributed by atoms with E-state index in [0.717, 1.165) is 32.5 Å². The van der Waals surface area contributed by atoms with Crippen molar-refractivity contribution in [2.45, 2.75) is 51.6 Å². The molecule has 0 spiro atoms. The molecule has 0 aromatic heterocycles. The van der Waals surface area contributed by atoms with E-state index in [9.17, 15) is 19.2 Å². The normalized spacial score (nSPS) is 21.4. The molecule has 0 unspecified atom stereocenters. The molecule has 4 aromatic rings. The number of hydrogen-bond acceptors (Lipinski definition) is 8. The summed E-state index contributed by atoms with van der Waals surface area (Å²) in [5.74, 6) is -2.16. The van der Waals surface area contributed by atoms with E-state index in [4.69, 9.17) is 18.9 Å². The van der Waals surface area contributed by atoms with E-state index in [2.05, 4.69) is 36.4 Å². The van der Waals surface area contributed by atoms with E-state index in [-0.39, 0.29) is 18.8 Å². The number of carbonyl (C=O) groups is 4. The molecule has 0 amide bonds. The van der Waals surface area contributed by atoms with Crippen LogP contribution in [0.5, 0.6) is 0 Å². The summed E-state index contributed by atoms with van der Waals surface area (Å²) in [7, 11) is 0. The average Bonchev–Trinajstić information content (AvgIpc) is 2.89. The van der Waals surface area contributed by atoms with E-state index in [1.807, 2.05) is 18.2 Å². The van der Waals surface area contributed by atoms with Crippen molar-refractivity contribution in [1.29, 1.82) is 0 Å². The monoisotopic (exact) mass is 528 g/mol. The predicted molar refractivity (Wildman–Crippen MR) is 145 cm³/mol. The zero-order valence-electron chi connectivity index (χ0n) is 21.8. The van der Waals surface area contributed by atoms with Crippen molar-refractivity contribution >= 4 is 62.1 Å². The van der Waals surface area contributed by atoms with Gasteiger partial charge in [-0.05, 0) is 44.0 Å². The van der Waals surface area contributed by atoms with E-state index in [1.165, 1.54) is 32.2 Å². The van der Waals surface area contributed by atoms with Crippen LogP contribution in [0, 0.1) is 0 Å². The molecule has 4 atom stereocenters. The quantitative estimate of drug-likeness (QED) is 0.146. The van der Waals surface area contributed by atoms with E-state index >= 15 is 0 Å². The molecule has 0 radical (unpaired) electrons. The van der Waals surface area contributed by atoms with Crippen molar-refractivity contribution in [3.05, 3.63) is 66.2 Å². The molecule has 200 valence electrons. The van der Waals surface area contributed by atoms with Crippen molar-refractivity contribution in [2.75, 3.05) is 6.61 Å². The lowest BCUT2D eigenvalue weighted by Gasteiger charge is -2.40. The second-order valence-electron chi connectivity index (χ2n) is 9.68. The van der Waals surface area contributed by atoms with Crippen LogP contribution in [0.25, 0.3) is 38.4 Å². The van der Waals surface area contributed by atoms with Gasteiger partial charge in [-0.15, -0.1) is 0 Å². The summed E-state index contributed by atoms with van der Waals surface area (Å²) in [4.78, 5) is 48.3. The third-order valence-corrected chi connectivity index (χ3v) is 6.87. The first-order valence-corrected chi connectivity index (χ1v) is 12.7. The van der Waals surface area contributed by atoms with Gasteiger partial charge < -0.3 is 18.9 Å². The predicted octanol–water partition coefficient (Wildman–Crippen LogP) is 4.75. The minimum Gasteiger partial charge on any atom is -0.456 e. The topological polar surface area (TPSA) is 105 Å². The van der Waals surface area contributed by atoms with Crippen molar-refractivity contribution in [2.24, 2.45) is 0 Å². The average molecular weight is 529 g/mol. The number of ketones is 1. The molecule has 1 heterocycles. The van der Waals surface area contributed by atoms with Crippen LogP contribution in [0.3, 0.4) is 0 Å². The standard InChI is InChI=1S/C31H28O8/c1-17(32)37-27-16-36-26(30(38-18(2)33)31(27)39-19(3)34)15-24(35)13-11-20-7-8-23-10-9-21-5-4-6-22-12-14-25(20)29(23)28(21)22/h4-14,26-27,30-31H,15-16H2,1-3H3/b13-11+/t26-,27+,30-,31-/m0/s1. The first-order chi connectivity index (χ1) is 18.7. The van der Waals surface area contributed by atoms with Crippen LogP contribution in [-0.4, -0.2) is 54.7 Å². The molecule has 1 aliphatic heterocycles. The van der Waals surface area contributed by atoms with Gasteiger partial charge in [-0.25, -0.2) is 0 Å². The summed E-state index contributed by atoms with van der Waals surface area (Å²) in [5, 5.41) is 6.80. The van der Waals surface area contributed by atoms with Crippen molar-refractivity contribution in [1.82, 2.24) is 0 Å². The van der Waals surface area contributed by atoms with Crippen LogP contribution in [0.2, 0.25) is 0 Å². The minimum atomic E-state index is -1.13. The fraction of sp³-hybridized carbons (Fsp3) is 0.290. The maximum atomic E-state index is 13.1. The lowest BCUT2D eigenvalue weighted by Crippen LogP contribution is -2.57. The third kappa shape index (κ3) is 5.47. The number of esters is 3. The number of allylic oxidation sites excluding steroid dienone is 1.